The first kappa shape index (κ1) is 12.7. The Morgan fingerprint density at radius 2 is 2.12 bits per heavy atom. The van der Waals surface area contributed by atoms with E-state index in [0.717, 1.165) is 6.42 Å². The third-order valence-corrected chi connectivity index (χ3v) is 2.80. The number of benzene rings is 1. The van der Waals surface area contributed by atoms with Crippen LogP contribution in [-0.4, -0.2) is 18.1 Å². The molecule has 0 radical (unpaired) electrons. The number of carbonyl (C=O) groups is 1. The minimum Gasteiger partial charge on any atom is -0.481 e. The van der Waals surface area contributed by atoms with Gasteiger partial charge in [-0.2, -0.15) is 0 Å². The molecule has 3 nitrogen and oxygen atoms in total. The molecule has 0 aromatic heterocycles. The maximum absolute atomic E-state index is 10.5. The van der Waals surface area contributed by atoms with Crippen molar-refractivity contribution in [2.45, 2.75) is 32.2 Å². The molecule has 16 heavy (non-hydrogen) atoms. The zero-order valence-corrected chi connectivity index (χ0v) is 9.86. The molecule has 1 rings (SSSR count). The molecule has 0 aliphatic rings. The smallest absolute Gasteiger partial charge is 0.303 e. The Morgan fingerprint density at radius 1 is 1.44 bits per heavy atom. The predicted molar refractivity (Wildman–Crippen MR) is 64.5 cm³/mol. The van der Waals surface area contributed by atoms with Crippen LogP contribution in [0.1, 0.15) is 36.4 Å². The lowest BCUT2D eigenvalue weighted by molar-refractivity contribution is -0.137. The molecule has 1 aromatic carbocycles. The second-order valence-electron chi connectivity index (χ2n) is 3.98. The van der Waals surface area contributed by atoms with E-state index in [0.29, 0.717) is 6.42 Å². The zero-order valence-electron chi connectivity index (χ0n) is 9.86. The van der Waals surface area contributed by atoms with Crippen LogP contribution in [0.2, 0.25) is 0 Å². The van der Waals surface area contributed by atoms with Crippen LogP contribution in [0.25, 0.3) is 0 Å². The molecule has 0 fully saturated rings. The Labute approximate surface area is 96.5 Å². The van der Waals surface area contributed by atoms with E-state index in [1.807, 2.05) is 19.2 Å². The van der Waals surface area contributed by atoms with Gasteiger partial charge in [0.2, 0.25) is 0 Å². The van der Waals surface area contributed by atoms with Crippen LogP contribution in [0, 0.1) is 6.92 Å². The monoisotopic (exact) mass is 221 g/mol. The Balaban J connectivity index is 2.60. The van der Waals surface area contributed by atoms with Gasteiger partial charge in [0.25, 0.3) is 0 Å². The van der Waals surface area contributed by atoms with Gasteiger partial charge in [0.1, 0.15) is 0 Å². The van der Waals surface area contributed by atoms with Gasteiger partial charge in [-0.1, -0.05) is 24.3 Å². The Hall–Kier alpha value is -1.35. The molecular weight excluding hydrogens is 202 g/mol. The fourth-order valence-electron chi connectivity index (χ4n) is 1.89. The standard InChI is InChI=1S/C13H19NO2/c1-10-6-3-4-7-11(10)12(14-2)8-5-9-13(15)16/h3-4,6-7,12,14H,5,8-9H2,1-2H3,(H,15,16). The third kappa shape index (κ3) is 3.66. The maximum atomic E-state index is 10.5. The Bertz CT molecular complexity index is 350. The first-order valence-corrected chi connectivity index (χ1v) is 5.59. The summed E-state index contributed by atoms with van der Waals surface area (Å²) in [7, 11) is 1.91. The lowest BCUT2D eigenvalue weighted by Gasteiger charge is -2.18. The van der Waals surface area contributed by atoms with E-state index in [-0.39, 0.29) is 12.5 Å². The molecule has 0 aliphatic heterocycles. The predicted octanol–water partition coefficient (Wildman–Crippen LogP) is 2.51. The molecule has 0 bridgehead atoms. The second kappa shape index (κ2) is 6.28. The summed E-state index contributed by atoms with van der Waals surface area (Å²) in [5.41, 5.74) is 2.51. The van der Waals surface area contributed by atoms with Gasteiger partial charge in [0.15, 0.2) is 0 Å². The van der Waals surface area contributed by atoms with Crippen LogP contribution >= 0.6 is 0 Å². The average Bonchev–Trinajstić information content (AvgIpc) is 2.25. The van der Waals surface area contributed by atoms with E-state index in [4.69, 9.17) is 5.11 Å². The highest BCUT2D eigenvalue weighted by atomic mass is 16.4. The summed E-state index contributed by atoms with van der Waals surface area (Å²) in [4.78, 5) is 10.5. The number of aliphatic carboxylic acids is 1. The number of carboxylic acids is 1. The average molecular weight is 221 g/mol. The van der Waals surface area contributed by atoms with Crippen LogP contribution < -0.4 is 5.32 Å². The van der Waals surface area contributed by atoms with Gasteiger partial charge in [-0.15, -0.1) is 0 Å². The van der Waals surface area contributed by atoms with E-state index >= 15 is 0 Å². The SMILES string of the molecule is CNC(CCCC(=O)O)c1ccccc1C. The summed E-state index contributed by atoms with van der Waals surface area (Å²) in [6.07, 6.45) is 1.80. The van der Waals surface area contributed by atoms with Gasteiger partial charge in [0.05, 0.1) is 0 Å². The van der Waals surface area contributed by atoms with Crippen molar-refractivity contribution < 1.29 is 9.90 Å². The Kier molecular flexibility index (Phi) is 4.99. The summed E-state index contributed by atoms with van der Waals surface area (Å²) in [6, 6.07) is 8.46. The van der Waals surface area contributed by atoms with Crippen LogP contribution in [0.4, 0.5) is 0 Å². The van der Waals surface area contributed by atoms with Crippen LogP contribution in [0.5, 0.6) is 0 Å². The number of nitrogens with one attached hydrogen (secondary N) is 1. The highest BCUT2D eigenvalue weighted by Gasteiger charge is 2.11. The summed E-state index contributed by atoms with van der Waals surface area (Å²) in [5, 5.41) is 11.8. The van der Waals surface area contributed by atoms with E-state index in [1.54, 1.807) is 0 Å². The first-order valence-electron chi connectivity index (χ1n) is 5.59. The molecule has 0 spiro atoms. The van der Waals surface area contributed by atoms with Crippen molar-refractivity contribution in [3.05, 3.63) is 35.4 Å². The largest absolute Gasteiger partial charge is 0.481 e. The number of hydrogen-bond acceptors (Lipinski definition) is 2. The molecule has 88 valence electrons. The molecular formula is C13H19NO2. The van der Waals surface area contributed by atoms with E-state index in [1.165, 1.54) is 11.1 Å². The number of carboxylic acid groups (broad SMARTS) is 1. The number of rotatable bonds is 6. The van der Waals surface area contributed by atoms with Crippen molar-refractivity contribution >= 4 is 5.97 Å². The van der Waals surface area contributed by atoms with Crippen molar-refractivity contribution in [3.8, 4) is 0 Å². The van der Waals surface area contributed by atoms with Crippen LogP contribution in [0.15, 0.2) is 24.3 Å². The van der Waals surface area contributed by atoms with E-state index < -0.39 is 5.97 Å². The first-order chi connectivity index (χ1) is 7.65. The van der Waals surface area contributed by atoms with Crippen molar-refractivity contribution in [2.24, 2.45) is 0 Å². The van der Waals surface area contributed by atoms with Crippen LogP contribution in [-0.2, 0) is 4.79 Å². The second-order valence-corrected chi connectivity index (χ2v) is 3.98. The van der Waals surface area contributed by atoms with Gasteiger partial charge in [-0.05, 0) is 37.9 Å². The highest BCUT2D eigenvalue weighted by molar-refractivity contribution is 5.66. The van der Waals surface area contributed by atoms with Gasteiger partial charge in [0, 0.05) is 12.5 Å². The molecule has 1 atom stereocenters. The number of hydrogen-bond donors (Lipinski definition) is 2. The molecule has 0 saturated carbocycles. The molecule has 1 aromatic rings. The summed E-state index contributed by atoms with van der Waals surface area (Å²) in [5.74, 6) is -0.723. The summed E-state index contributed by atoms with van der Waals surface area (Å²) >= 11 is 0. The molecule has 0 heterocycles. The van der Waals surface area contributed by atoms with Crippen molar-refractivity contribution in [1.82, 2.24) is 5.32 Å². The fourth-order valence-corrected chi connectivity index (χ4v) is 1.89. The van der Waals surface area contributed by atoms with Crippen molar-refractivity contribution in [1.29, 1.82) is 0 Å². The van der Waals surface area contributed by atoms with Crippen LogP contribution in [0.3, 0.4) is 0 Å². The lowest BCUT2D eigenvalue weighted by atomic mass is 9.97. The summed E-state index contributed by atoms with van der Waals surface area (Å²) in [6.45, 7) is 2.08. The third-order valence-electron chi connectivity index (χ3n) is 2.80. The lowest BCUT2D eigenvalue weighted by Crippen LogP contribution is -2.17. The van der Waals surface area contributed by atoms with Crippen molar-refractivity contribution in [2.75, 3.05) is 7.05 Å². The summed E-state index contributed by atoms with van der Waals surface area (Å²) < 4.78 is 0. The molecule has 2 N–H and O–H groups in total. The topological polar surface area (TPSA) is 49.3 Å². The van der Waals surface area contributed by atoms with Gasteiger partial charge >= 0.3 is 5.97 Å². The minimum absolute atomic E-state index is 0.240. The number of aryl methyl sites for hydroxylation is 1. The highest BCUT2D eigenvalue weighted by Crippen LogP contribution is 2.21. The fraction of sp³-hybridized carbons (Fsp3) is 0.462. The van der Waals surface area contributed by atoms with E-state index in [2.05, 4.69) is 24.4 Å². The van der Waals surface area contributed by atoms with Crippen molar-refractivity contribution in [3.63, 3.8) is 0 Å². The van der Waals surface area contributed by atoms with Gasteiger partial charge in [-0.3, -0.25) is 4.79 Å². The molecule has 3 heteroatoms. The zero-order chi connectivity index (χ0) is 12.0. The molecule has 0 aliphatic carbocycles. The quantitative estimate of drug-likeness (QED) is 0.776. The normalized spacial score (nSPS) is 12.4. The Morgan fingerprint density at radius 3 is 2.69 bits per heavy atom. The maximum Gasteiger partial charge on any atom is 0.303 e. The molecule has 0 amide bonds. The molecule has 0 saturated heterocycles. The van der Waals surface area contributed by atoms with Gasteiger partial charge < -0.3 is 10.4 Å². The molecule has 1 unspecified atom stereocenters. The van der Waals surface area contributed by atoms with E-state index in [9.17, 15) is 4.79 Å². The minimum atomic E-state index is -0.723. The van der Waals surface area contributed by atoms with Gasteiger partial charge in [-0.25, -0.2) is 0 Å².